The SMILES string of the molecule is O=C1CC(CCc2ccc(F)c(F)c2F)=Nc2ccccc21. The summed E-state index contributed by atoms with van der Waals surface area (Å²) in [7, 11) is 0. The number of hydrogen-bond acceptors (Lipinski definition) is 2. The van der Waals surface area contributed by atoms with Gasteiger partial charge in [0.1, 0.15) is 0 Å². The van der Waals surface area contributed by atoms with E-state index < -0.39 is 17.5 Å². The molecule has 0 radical (unpaired) electrons. The molecule has 3 rings (SSSR count). The molecule has 0 saturated heterocycles. The molecule has 0 bridgehead atoms. The second kappa shape index (κ2) is 5.75. The van der Waals surface area contributed by atoms with Crippen molar-refractivity contribution in [3.05, 3.63) is 65.0 Å². The monoisotopic (exact) mass is 303 g/mol. The van der Waals surface area contributed by atoms with E-state index in [2.05, 4.69) is 4.99 Å². The van der Waals surface area contributed by atoms with Crippen molar-refractivity contribution in [2.75, 3.05) is 0 Å². The van der Waals surface area contributed by atoms with Gasteiger partial charge in [0.15, 0.2) is 23.2 Å². The number of nitrogens with zero attached hydrogens (tertiary/aromatic N) is 1. The average molecular weight is 303 g/mol. The molecule has 0 saturated carbocycles. The molecule has 2 aromatic rings. The van der Waals surface area contributed by atoms with Crippen molar-refractivity contribution < 1.29 is 18.0 Å². The van der Waals surface area contributed by atoms with Gasteiger partial charge in [0, 0.05) is 17.7 Å². The van der Waals surface area contributed by atoms with E-state index in [0.717, 1.165) is 6.07 Å². The van der Waals surface area contributed by atoms with Crippen molar-refractivity contribution in [2.24, 2.45) is 4.99 Å². The van der Waals surface area contributed by atoms with E-state index >= 15 is 0 Å². The Balaban J connectivity index is 1.80. The first-order chi connectivity index (χ1) is 10.6. The standard InChI is InChI=1S/C17H12F3NO/c18-13-8-6-10(16(19)17(13)20)5-7-11-9-15(22)12-3-1-2-4-14(12)21-11/h1-4,6,8H,5,7,9H2. The highest BCUT2D eigenvalue weighted by Crippen LogP contribution is 2.27. The number of aryl methyl sites for hydroxylation is 1. The molecule has 2 nitrogen and oxygen atoms in total. The number of para-hydroxylation sites is 1. The van der Waals surface area contributed by atoms with E-state index in [1.807, 2.05) is 0 Å². The van der Waals surface area contributed by atoms with Crippen LogP contribution in [0, 0.1) is 17.5 Å². The summed E-state index contributed by atoms with van der Waals surface area (Å²) in [6.45, 7) is 0. The number of ketones is 1. The lowest BCUT2D eigenvalue weighted by molar-refractivity contribution is 0.0999. The van der Waals surface area contributed by atoms with Gasteiger partial charge in [-0.25, -0.2) is 13.2 Å². The van der Waals surface area contributed by atoms with Gasteiger partial charge < -0.3 is 0 Å². The predicted octanol–water partition coefficient (Wildman–Crippen LogP) is 4.40. The second-order valence-corrected chi connectivity index (χ2v) is 5.13. The molecule has 0 atom stereocenters. The van der Waals surface area contributed by atoms with E-state index in [1.165, 1.54) is 6.07 Å². The lowest BCUT2D eigenvalue weighted by Crippen LogP contribution is -2.14. The lowest BCUT2D eigenvalue weighted by Gasteiger charge is -2.14. The van der Waals surface area contributed by atoms with Crippen LogP contribution in [0.5, 0.6) is 0 Å². The van der Waals surface area contributed by atoms with Gasteiger partial charge in [-0.05, 0) is 36.6 Å². The van der Waals surface area contributed by atoms with Crippen LogP contribution in [0.1, 0.15) is 28.8 Å². The van der Waals surface area contributed by atoms with Gasteiger partial charge in [0.05, 0.1) is 5.69 Å². The van der Waals surface area contributed by atoms with Crippen LogP contribution in [-0.4, -0.2) is 11.5 Å². The van der Waals surface area contributed by atoms with Gasteiger partial charge >= 0.3 is 0 Å². The van der Waals surface area contributed by atoms with Gasteiger partial charge in [-0.15, -0.1) is 0 Å². The quantitative estimate of drug-likeness (QED) is 0.773. The molecular weight excluding hydrogens is 291 g/mol. The molecule has 0 amide bonds. The van der Waals surface area contributed by atoms with E-state index in [0.29, 0.717) is 23.4 Å². The van der Waals surface area contributed by atoms with Crippen LogP contribution in [0.3, 0.4) is 0 Å². The maximum absolute atomic E-state index is 13.6. The van der Waals surface area contributed by atoms with Gasteiger partial charge in [0.25, 0.3) is 0 Å². The molecule has 5 heteroatoms. The minimum Gasteiger partial charge on any atom is -0.294 e. The molecule has 0 aromatic heterocycles. The number of carbonyl (C=O) groups is 1. The summed E-state index contributed by atoms with van der Waals surface area (Å²) in [6, 6.07) is 9.13. The number of aliphatic imine (C=N–C) groups is 1. The van der Waals surface area contributed by atoms with E-state index in [4.69, 9.17) is 0 Å². The second-order valence-electron chi connectivity index (χ2n) is 5.13. The maximum Gasteiger partial charge on any atom is 0.194 e. The summed E-state index contributed by atoms with van der Waals surface area (Å²) in [6.07, 6.45) is 0.654. The number of hydrogen-bond donors (Lipinski definition) is 0. The van der Waals surface area contributed by atoms with Crippen LogP contribution < -0.4 is 0 Å². The molecule has 1 aliphatic rings. The Hall–Kier alpha value is -2.43. The highest BCUT2D eigenvalue weighted by molar-refractivity contribution is 6.15. The van der Waals surface area contributed by atoms with Crippen molar-refractivity contribution in [3.8, 4) is 0 Å². The minimum atomic E-state index is -1.47. The summed E-state index contributed by atoms with van der Waals surface area (Å²) >= 11 is 0. The summed E-state index contributed by atoms with van der Waals surface area (Å²) in [5.41, 5.74) is 1.87. The smallest absolute Gasteiger partial charge is 0.194 e. The molecule has 1 aliphatic heterocycles. The number of halogens is 3. The maximum atomic E-state index is 13.6. The molecule has 22 heavy (non-hydrogen) atoms. The fourth-order valence-electron chi connectivity index (χ4n) is 2.48. The third-order valence-corrected chi connectivity index (χ3v) is 3.65. The number of benzene rings is 2. The molecule has 1 heterocycles. The molecule has 2 aromatic carbocycles. The Morgan fingerprint density at radius 3 is 2.55 bits per heavy atom. The highest BCUT2D eigenvalue weighted by atomic mass is 19.2. The predicted molar refractivity (Wildman–Crippen MR) is 77.1 cm³/mol. The van der Waals surface area contributed by atoms with Crippen molar-refractivity contribution in [3.63, 3.8) is 0 Å². The largest absolute Gasteiger partial charge is 0.294 e. The zero-order valence-corrected chi connectivity index (χ0v) is 11.6. The Kier molecular flexibility index (Phi) is 3.79. The van der Waals surface area contributed by atoms with Gasteiger partial charge in [-0.3, -0.25) is 9.79 Å². The molecule has 0 spiro atoms. The zero-order chi connectivity index (χ0) is 15.7. The fourth-order valence-corrected chi connectivity index (χ4v) is 2.48. The Bertz CT molecular complexity index is 783. The average Bonchev–Trinajstić information content (AvgIpc) is 2.52. The molecule has 0 aliphatic carbocycles. The highest BCUT2D eigenvalue weighted by Gasteiger charge is 2.20. The normalized spacial score (nSPS) is 13.8. The lowest BCUT2D eigenvalue weighted by atomic mass is 9.96. The summed E-state index contributed by atoms with van der Waals surface area (Å²) in [5.74, 6) is -3.89. The summed E-state index contributed by atoms with van der Waals surface area (Å²) < 4.78 is 39.7. The van der Waals surface area contributed by atoms with Gasteiger partial charge in [0.2, 0.25) is 0 Å². The molecular formula is C17H12F3NO. The van der Waals surface area contributed by atoms with Crippen LogP contribution in [0.2, 0.25) is 0 Å². The van der Waals surface area contributed by atoms with Crippen molar-refractivity contribution in [1.29, 1.82) is 0 Å². The Morgan fingerprint density at radius 1 is 0.955 bits per heavy atom. The Morgan fingerprint density at radius 2 is 1.73 bits per heavy atom. The van der Waals surface area contributed by atoms with Crippen LogP contribution >= 0.6 is 0 Å². The molecule has 0 N–H and O–H groups in total. The van der Waals surface area contributed by atoms with E-state index in [9.17, 15) is 18.0 Å². The molecule has 112 valence electrons. The third kappa shape index (κ3) is 2.66. The third-order valence-electron chi connectivity index (χ3n) is 3.65. The van der Waals surface area contributed by atoms with Crippen LogP contribution in [-0.2, 0) is 6.42 Å². The minimum absolute atomic E-state index is 0.0358. The number of Topliss-reactive ketones (excluding diaryl/α,β-unsaturated/α-hetero) is 1. The van der Waals surface area contributed by atoms with Crippen LogP contribution in [0.15, 0.2) is 41.4 Å². The number of carbonyl (C=O) groups excluding carboxylic acids is 1. The first kappa shape index (κ1) is 14.5. The zero-order valence-electron chi connectivity index (χ0n) is 11.6. The van der Waals surface area contributed by atoms with Gasteiger partial charge in [-0.2, -0.15) is 0 Å². The first-order valence-electron chi connectivity index (χ1n) is 6.87. The number of fused-ring (bicyclic) bond motifs is 1. The van der Waals surface area contributed by atoms with Crippen molar-refractivity contribution in [2.45, 2.75) is 19.3 Å². The van der Waals surface area contributed by atoms with E-state index in [1.54, 1.807) is 24.3 Å². The van der Waals surface area contributed by atoms with Crippen LogP contribution in [0.4, 0.5) is 18.9 Å². The van der Waals surface area contributed by atoms with Crippen molar-refractivity contribution in [1.82, 2.24) is 0 Å². The molecule has 0 unspecified atom stereocenters. The summed E-state index contributed by atoms with van der Waals surface area (Å²) in [4.78, 5) is 16.4. The first-order valence-corrected chi connectivity index (χ1v) is 6.87. The molecule has 0 fully saturated rings. The Labute approximate surface area is 125 Å². The topological polar surface area (TPSA) is 29.4 Å². The van der Waals surface area contributed by atoms with E-state index in [-0.39, 0.29) is 24.2 Å². The van der Waals surface area contributed by atoms with Crippen LogP contribution in [0.25, 0.3) is 0 Å². The van der Waals surface area contributed by atoms with Crippen molar-refractivity contribution >= 4 is 17.2 Å². The summed E-state index contributed by atoms with van der Waals surface area (Å²) in [5, 5.41) is 0. The fraction of sp³-hybridized carbons (Fsp3) is 0.176. The van der Waals surface area contributed by atoms with Gasteiger partial charge in [-0.1, -0.05) is 18.2 Å². The number of rotatable bonds is 3.